The van der Waals surface area contributed by atoms with Crippen LogP contribution in [0.15, 0.2) is 0 Å². The average molecular weight is 1190 g/mol. The number of hydrogen-bond acceptors (Lipinski definition) is 13. The number of nitrogens with one attached hydrogen (secondary N) is 9. The van der Waals surface area contributed by atoms with Crippen molar-refractivity contribution < 1.29 is 67.4 Å². The third-order valence-corrected chi connectivity index (χ3v) is 15.7. The first-order chi connectivity index (χ1) is 38.8. The minimum atomic E-state index is -1.67. The Balaban J connectivity index is 2.33. The molecule has 476 valence electrons. The molecule has 12 amide bonds. The number of rotatable bonds is 32. The van der Waals surface area contributed by atoms with Crippen LogP contribution < -0.4 is 53.6 Å². The van der Waals surface area contributed by atoms with Gasteiger partial charge in [0.05, 0.1) is 6.42 Å². The smallest absolute Gasteiger partial charge is 0.326 e. The molecule has 2 aliphatic rings. The minimum Gasteiger partial charge on any atom is -0.480 e. The van der Waals surface area contributed by atoms with Gasteiger partial charge in [-0.2, -0.15) is 0 Å². The first kappa shape index (κ1) is 73.2. The molecule has 2 heterocycles. The number of hydrogen-bond donors (Lipinski definition) is 11. The number of amides is 12. The van der Waals surface area contributed by atoms with Crippen LogP contribution >= 0.6 is 0 Å². The quantitative estimate of drug-likeness (QED) is 0.0444. The molecule has 0 aromatic carbocycles. The molecule has 2 saturated heterocycles. The lowest BCUT2D eigenvalue weighted by Gasteiger charge is -2.36. The lowest BCUT2D eigenvalue weighted by molar-refractivity contribution is -0.147. The second kappa shape index (κ2) is 31.8. The maximum atomic E-state index is 14.5. The molecular weight excluding hydrogens is 1090 g/mol. The van der Waals surface area contributed by atoms with Crippen molar-refractivity contribution in [1.82, 2.24) is 57.7 Å². The van der Waals surface area contributed by atoms with Crippen molar-refractivity contribution in [3.8, 4) is 0 Å². The maximum Gasteiger partial charge on any atom is 0.326 e. The lowest BCUT2D eigenvalue weighted by atomic mass is 9.93. The lowest BCUT2D eigenvalue weighted by Crippen LogP contribution is -2.65. The van der Waals surface area contributed by atoms with Gasteiger partial charge in [-0.05, 0) is 110 Å². The predicted molar refractivity (Wildman–Crippen MR) is 312 cm³/mol. The van der Waals surface area contributed by atoms with E-state index >= 15 is 0 Å². The summed E-state index contributed by atoms with van der Waals surface area (Å²) < 4.78 is 0. The second-order valence-electron chi connectivity index (χ2n) is 25.4. The van der Waals surface area contributed by atoms with E-state index in [1.54, 1.807) is 41.5 Å². The molecule has 0 radical (unpaired) electrons. The molecule has 0 aromatic rings. The molecule has 0 aromatic heterocycles. The minimum absolute atomic E-state index is 0.0287. The summed E-state index contributed by atoms with van der Waals surface area (Å²) >= 11 is 0. The molecule has 0 unspecified atom stereocenters. The van der Waals surface area contributed by atoms with Gasteiger partial charge in [0.2, 0.25) is 70.9 Å². The highest BCUT2D eigenvalue weighted by Gasteiger charge is 2.47. The van der Waals surface area contributed by atoms with Crippen molar-refractivity contribution in [2.45, 2.75) is 247 Å². The van der Waals surface area contributed by atoms with Crippen LogP contribution in [0, 0.1) is 29.6 Å². The molecule has 12 N–H and O–H groups in total. The highest BCUT2D eigenvalue weighted by atomic mass is 16.4. The van der Waals surface area contributed by atoms with Crippen LogP contribution in [0.5, 0.6) is 0 Å². The summed E-state index contributed by atoms with van der Waals surface area (Å²) in [4.78, 5) is 179. The zero-order valence-corrected chi connectivity index (χ0v) is 52.7. The summed E-state index contributed by atoms with van der Waals surface area (Å²) in [5.74, 6) is -11.5. The van der Waals surface area contributed by atoms with Crippen molar-refractivity contribution >= 4 is 76.9 Å². The van der Waals surface area contributed by atoms with Gasteiger partial charge in [-0.25, -0.2) is 4.79 Å². The highest BCUT2D eigenvalue weighted by molar-refractivity contribution is 6.01. The molecular formula is C58H100N12O14. The normalized spacial score (nSPS) is 18.8. The number of carboxylic acid groups (broad SMARTS) is 1. The van der Waals surface area contributed by atoms with Crippen LogP contribution in [0.1, 0.15) is 182 Å². The molecule has 2 fully saturated rings. The van der Waals surface area contributed by atoms with E-state index in [9.17, 15) is 67.4 Å². The number of likely N-dealkylation sites (tertiary alicyclic amines) is 2. The average Bonchev–Trinajstić information content (AvgIpc) is 3.38. The molecule has 0 aliphatic carbocycles. The molecule has 26 nitrogen and oxygen atoms in total. The fourth-order valence-electron chi connectivity index (χ4n) is 10.2. The number of aliphatic carboxylic acids is 1. The second-order valence-corrected chi connectivity index (χ2v) is 25.4. The van der Waals surface area contributed by atoms with E-state index in [2.05, 4.69) is 47.9 Å². The number of nitrogens with two attached hydrogens (primary N) is 1. The summed E-state index contributed by atoms with van der Waals surface area (Å²) in [6.07, 6.45) is 2.16. The Bertz CT molecular complexity index is 2410. The van der Waals surface area contributed by atoms with Gasteiger partial charge in [-0.1, -0.05) is 88.5 Å². The van der Waals surface area contributed by atoms with E-state index in [1.807, 2.05) is 27.7 Å². The van der Waals surface area contributed by atoms with Gasteiger partial charge in [0, 0.05) is 20.0 Å². The molecule has 84 heavy (non-hydrogen) atoms. The van der Waals surface area contributed by atoms with Gasteiger partial charge in [-0.15, -0.1) is 0 Å². The van der Waals surface area contributed by atoms with Gasteiger partial charge in [-0.3, -0.25) is 57.5 Å². The van der Waals surface area contributed by atoms with Crippen LogP contribution in [0.3, 0.4) is 0 Å². The topological polar surface area (TPSA) is 383 Å². The van der Waals surface area contributed by atoms with Crippen molar-refractivity contribution in [2.24, 2.45) is 35.3 Å². The molecule has 0 bridgehead atoms. The zero-order valence-electron chi connectivity index (χ0n) is 52.7. The van der Waals surface area contributed by atoms with Crippen LogP contribution in [0.2, 0.25) is 0 Å². The summed E-state index contributed by atoms with van der Waals surface area (Å²) in [6.45, 7) is 28.0. The van der Waals surface area contributed by atoms with Gasteiger partial charge in [0.15, 0.2) is 0 Å². The number of carboxylic acids is 1. The van der Waals surface area contributed by atoms with E-state index in [4.69, 9.17) is 5.73 Å². The molecule has 0 spiro atoms. The standard InChI is InChI=1S/C58H100N12O14/c1-18-32(8)42(49(77)65-44(34(10)20-3)51(79)68-57(14,15)54(83)69-25-21-23-39(69)47(75)61-38(52(80)81)28-31(6)7)64-48(76)40-24-22-26-70(40)55(84)58(16,17)67-50(78)43(33(9)19-2)63-46(74)36(27-30(4)5)60-45(73)37(29-41(59)72)62-53(82)56(12,13)66-35(11)71/h30-34,36-40,42-44H,18-29H2,1-17H3,(H2,59,72)(H,60,73)(H,61,75)(H,62,82)(H,63,74)(H,64,76)(H,65,77)(H,66,71)(H,67,78)(H,68,79)(H,80,81)/t32-,33-,34-,36-,37-,38-,39-,40-,42-,43-,44-/m0/s1. The monoisotopic (exact) mass is 1190 g/mol. The number of primary amides is 1. The fourth-order valence-corrected chi connectivity index (χ4v) is 10.2. The number of carbonyl (C=O) groups excluding carboxylic acids is 12. The van der Waals surface area contributed by atoms with Crippen LogP contribution in [-0.2, 0) is 62.3 Å². The van der Waals surface area contributed by atoms with E-state index in [-0.39, 0.29) is 50.6 Å². The molecule has 26 heteroatoms. The van der Waals surface area contributed by atoms with E-state index in [0.29, 0.717) is 32.1 Å². The van der Waals surface area contributed by atoms with Crippen LogP contribution in [0.4, 0.5) is 0 Å². The van der Waals surface area contributed by atoms with Gasteiger partial charge >= 0.3 is 5.97 Å². The Morgan fingerprint density at radius 2 is 0.869 bits per heavy atom. The van der Waals surface area contributed by atoms with Crippen LogP contribution in [-0.4, -0.2) is 170 Å². The van der Waals surface area contributed by atoms with Crippen molar-refractivity contribution in [1.29, 1.82) is 0 Å². The molecule has 0 saturated carbocycles. The first-order valence-corrected chi connectivity index (χ1v) is 29.7. The highest BCUT2D eigenvalue weighted by Crippen LogP contribution is 2.26. The first-order valence-electron chi connectivity index (χ1n) is 29.7. The molecule has 11 atom stereocenters. The molecule has 2 rings (SSSR count). The Kier molecular flexibility index (Phi) is 27.8. The Hall–Kier alpha value is -6.89. The van der Waals surface area contributed by atoms with Crippen molar-refractivity contribution in [3.63, 3.8) is 0 Å². The summed E-state index contributed by atoms with van der Waals surface area (Å²) in [5, 5.41) is 33.7. The van der Waals surface area contributed by atoms with E-state index in [1.165, 1.54) is 58.3 Å². The zero-order chi connectivity index (χ0) is 64.5. The van der Waals surface area contributed by atoms with Crippen molar-refractivity contribution in [2.75, 3.05) is 13.1 Å². The van der Waals surface area contributed by atoms with E-state index < -0.39 is 166 Å². The summed E-state index contributed by atoms with van der Waals surface area (Å²) in [7, 11) is 0. The largest absolute Gasteiger partial charge is 0.480 e. The van der Waals surface area contributed by atoms with Gasteiger partial charge < -0.3 is 68.5 Å². The number of carbonyl (C=O) groups is 13. The number of nitrogens with zero attached hydrogens (tertiary/aromatic N) is 2. The van der Waals surface area contributed by atoms with Crippen molar-refractivity contribution in [3.05, 3.63) is 0 Å². The third kappa shape index (κ3) is 21.0. The van der Waals surface area contributed by atoms with Gasteiger partial charge in [0.1, 0.15) is 65.0 Å². The summed E-state index contributed by atoms with van der Waals surface area (Å²) in [6, 6.07) is -9.69. The fraction of sp³-hybridized carbons (Fsp3) is 0.776. The third-order valence-electron chi connectivity index (χ3n) is 15.7. The van der Waals surface area contributed by atoms with Gasteiger partial charge in [0.25, 0.3) is 0 Å². The Morgan fingerprint density at radius 3 is 1.25 bits per heavy atom. The summed E-state index contributed by atoms with van der Waals surface area (Å²) in [5.41, 5.74) is 0.667. The predicted octanol–water partition coefficient (Wildman–Crippen LogP) is 0.772. The Labute approximate surface area is 495 Å². The Morgan fingerprint density at radius 1 is 0.488 bits per heavy atom. The maximum absolute atomic E-state index is 14.5. The molecule has 2 aliphatic heterocycles. The van der Waals surface area contributed by atoms with E-state index in [0.717, 1.165) is 0 Å². The SMILES string of the molecule is CC[C@H](C)[C@H](NC(=O)[C@H](CC(C)C)NC(=O)[C@H](CC(N)=O)NC(=O)C(C)(C)NC(C)=O)C(=O)NC(C)(C)C(=O)N1CCC[C@H]1C(=O)N[C@H](C(=O)N[C@H](C(=O)NC(C)(C)C(=O)N1CCC[C@H]1C(=O)N[C@@H](CC(C)C)C(=O)O)[C@@H](C)CC)[C@@H](C)CC. The van der Waals surface area contributed by atoms with Crippen LogP contribution in [0.25, 0.3) is 0 Å².